The number of amides is 1. The molecule has 0 saturated carbocycles. The van der Waals surface area contributed by atoms with Crippen LogP contribution in [0.15, 0.2) is 23.1 Å². The van der Waals surface area contributed by atoms with Crippen molar-refractivity contribution in [1.82, 2.24) is 9.21 Å². The number of methoxy groups -OCH3 is 1. The third kappa shape index (κ3) is 3.93. The number of aliphatic carboxylic acids is 1. The van der Waals surface area contributed by atoms with Crippen LogP contribution in [0.25, 0.3) is 0 Å². The number of carbonyl (C=O) groups is 2. The van der Waals surface area contributed by atoms with Crippen LogP contribution in [0.1, 0.15) is 36.0 Å². The topological polar surface area (TPSA) is 104 Å². The molecule has 3 rings (SSSR count). The van der Waals surface area contributed by atoms with Crippen molar-refractivity contribution in [2.75, 3.05) is 33.3 Å². The Kier molecular flexibility index (Phi) is 5.71. The molecule has 2 aliphatic heterocycles. The molecule has 1 N–H and O–H groups in total. The van der Waals surface area contributed by atoms with E-state index in [1.54, 1.807) is 0 Å². The minimum absolute atomic E-state index is 0.0236. The fourth-order valence-corrected chi connectivity index (χ4v) is 5.32. The zero-order valence-electron chi connectivity index (χ0n) is 15.3. The number of carbonyl (C=O) groups excluding carboxylic acids is 1. The van der Waals surface area contributed by atoms with E-state index in [2.05, 4.69) is 0 Å². The van der Waals surface area contributed by atoms with E-state index >= 15 is 0 Å². The quantitative estimate of drug-likeness (QED) is 0.807. The van der Waals surface area contributed by atoms with Crippen molar-refractivity contribution >= 4 is 21.9 Å². The summed E-state index contributed by atoms with van der Waals surface area (Å²) in [5.41, 5.74) is 0.222. The van der Waals surface area contributed by atoms with Gasteiger partial charge in [-0.05, 0) is 43.9 Å². The molecule has 0 aromatic heterocycles. The molecule has 148 valence electrons. The van der Waals surface area contributed by atoms with Gasteiger partial charge in [-0.25, -0.2) is 8.42 Å². The Hall–Kier alpha value is -2.13. The van der Waals surface area contributed by atoms with Gasteiger partial charge in [-0.1, -0.05) is 0 Å². The van der Waals surface area contributed by atoms with Crippen molar-refractivity contribution in [3.05, 3.63) is 23.8 Å². The first-order valence-electron chi connectivity index (χ1n) is 9.05. The van der Waals surface area contributed by atoms with Crippen LogP contribution >= 0.6 is 0 Å². The average Bonchev–Trinajstić information content (AvgIpc) is 3.22. The van der Waals surface area contributed by atoms with E-state index in [-0.39, 0.29) is 28.7 Å². The molecule has 0 radical (unpaired) electrons. The summed E-state index contributed by atoms with van der Waals surface area (Å²) >= 11 is 0. The standard InChI is InChI=1S/C18H24N2O6S/c1-26-15-7-6-13(11-16(15)27(24,25)20-9-2-3-10-20)17(21)19-8-4-5-14(12-19)18(22)23/h6-7,11,14H,2-5,8-10,12H2,1H3,(H,22,23). The van der Waals surface area contributed by atoms with Crippen LogP contribution in [0.5, 0.6) is 5.75 Å². The SMILES string of the molecule is COc1ccc(C(=O)N2CCCC(C(=O)O)C2)cc1S(=O)(=O)N1CCCC1. The molecule has 9 heteroatoms. The molecule has 0 spiro atoms. The number of carboxylic acid groups (broad SMARTS) is 1. The lowest BCUT2D eigenvalue weighted by molar-refractivity contribution is -0.143. The number of benzene rings is 1. The molecule has 0 bridgehead atoms. The van der Waals surface area contributed by atoms with E-state index in [0.29, 0.717) is 32.5 Å². The van der Waals surface area contributed by atoms with Crippen LogP contribution in [0.3, 0.4) is 0 Å². The summed E-state index contributed by atoms with van der Waals surface area (Å²) in [7, 11) is -2.36. The van der Waals surface area contributed by atoms with Crippen LogP contribution in [-0.2, 0) is 14.8 Å². The molecule has 2 heterocycles. The second-order valence-corrected chi connectivity index (χ2v) is 8.81. The predicted octanol–water partition coefficient (Wildman–Crippen LogP) is 1.42. The first-order valence-corrected chi connectivity index (χ1v) is 10.5. The molecule has 1 atom stereocenters. The second-order valence-electron chi connectivity index (χ2n) is 6.91. The lowest BCUT2D eigenvalue weighted by atomic mass is 9.97. The van der Waals surface area contributed by atoms with Crippen molar-refractivity contribution in [2.45, 2.75) is 30.6 Å². The fourth-order valence-electron chi connectivity index (χ4n) is 3.62. The molecule has 1 aromatic rings. The van der Waals surface area contributed by atoms with E-state index in [1.165, 1.54) is 34.5 Å². The molecular formula is C18H24N2O6S. The molecule has 8 nitrogen and oxygen atoms in total. The zero-order chi connectivity index (χ0) is 19.6. The third-order valence-corrected chi connectivity index (χ3v) is 7.07. The Balaban J connectivity index is 1.90. The molecule has 1 aromatic carbocycles. The highest BCUT2D eigenvalue weighted by atomic mass is 32.2. The number of hydrogen-bond donors (Lipinski definition) is 1. The van der Waals surface area contributed by atoms with Gasteiger partial charge in [0.2, 0.25) is 10.0 Å². The lowest BCUT2D eigenvalue weighted by Crippen LogP contribution is -2.42. The number of sulfonamides is 1. The van der Waals surface area contributed by atoms with Gasteiger partial charge in [0.1, 0.15) is 10.6 Å². The maximum atomic E-state index is 12.9. The summed E-state index contributed by atoms with van der Waals surface area (Å²) in [6.07, 6.45) is 2.77. The van der Waals surface area contributed by atoms with Crippen molar-refractivity contribution in [3.8, 4) is 5.75 Å². The van der Waals surface area contributed by atoms with Crippen molar-refractivity contribution < 1.29 is 27.9 Å². The summed E-state index contributed by atoms with van der Waals surface area (Å²) in [5.74, 6) is -1.67. The smallest absolute Gasteiger partial charge is 0.308 e. The molecule has 2 aliphatic rings. The summed E-state index contributed by atoms with van der Waals surface area (Å²) in [4.78, 5) is 25.5. The first kappa shape index (κ1) is 19.6. The van der Waals surface area contributed by atoms with E-state index < -0.39 is 21.9 Å². The molecule has 2 fully saturated rings. The number of ether oxygens (including phenoxy) is 1. The van der Waals surface area contributed by atoms with E-state index in [4.69, 9.17) is 4.74 Å². The van der Waals surface area contributed by atoms with Crippen molar-refractivity contribution in [2.24, 2.45) is 5.92 Å². The Morgan fingerprint density at radius 1 is 1.15 bits per heavy atom. The van der Waals surface area contributed by atoms with Gasteiger partial charge in [-0.3, -0.25) is 9.59 Å². The maximum Gasteiger partial charge on any atom is 0.308 e. The van der Waals surface area contributed by atoms with Crippen LogP contribution in [0.4, 0.5) is 0 Å². The largest absolute Gasteiger partial charge is 0.495 e. The lowest BCUT2D eigenvalue weighted by Gasteiger charge is -2.31. The van der Waals surface area contributed by atoms with E-state index in [9.17, 15) is 23.1 Å². The van der Waals surface area contributed by atoms with Gasteiger partial charge in [0.15, 0.2) is 0 Å². The Morgan fingerprint density at radius 3 is 2.48 bits per heavy atom. The highest BCUT2D eigenvalue weighted by molar-refractivity contribution is 7.89. The number of carboxylic acids is 1. The predicted molar refractivity (Wildman–Crippen MR) is 97.3 cm³/mol. The van der Waals surface area contributed by atoms with Gasteiger partial charge < -0.3 is 14.7 Å². The fraction of sp³-hybridized carbons (Fsp3) is 0.556. The van der Waals surface area contributed by atoms with Crippen LogP contribution in [-0.4, -0.2) is 67.9 Å². The minimum Gasteiger partial charge on any atom is -0.495 e. The van der Waals surface area contributed by atoms with Crippen molar-refractivity contribution in [1.29, 1.82) is 0 Å². The van der Waals surface area contributed by atoms with Crippen LogP contribution in [0, 0.1) is 5.92 Å². The molecule has 2 saturated heterocycles. The zero-order valence-corrected chi connectivity index (χ0v) is 16.1. The third-order valence-electron chi connectivity index (χ3n) is 5.15. The summed E-state index contributed by atoms with van der Waals surface area (Å²) in [6, 6.07) is 4.35. The van der Waals surface area contributed by atoms with Gasteiger partial charge in [0.25, 0.3) is 5.91 Å². The summed E-state index contributed by atoms with van der Waals surface area (Å²) in [6.45, 7) is 1.50. The summed E-state index contributed by atoms with van der Waals surface area (Å²) in [5, 5.41) is 9.21. The van der Waals surface area contributed by atoms with Gasteiger partial charge in [0.05, 0.1) is 13.0 Å². The number of nitrogens with zero attached hydrogens (tertiary/aromatic N) is 2. The molecule has 27 heavy (non-hydrogen) atoms. The maximum absolute atomic E-state index is 12.9. The van der Waals surface area contributed by atoms with Crippen LogP contribution in [0.2, 0.25) is 0 Å². The van der Waals surface area contributed by atoms with Crippen LogP contribution < -0.4 is 4.74 Å². The molecule has 1 unspecified atom stereocenters. The minimum atomic E-state index is -3.75. The number of rotatable bonds is 5. The normalized spacial score (nSPS) is 21.2. The van der Waals surface area contributed by atoms with Gasteiger partial charge in [0, 0.05) is 31.7 Å². The Morgan fingerprint density at radius 2 is 1.85 bits per heavy atom. The highest BCUT2D eigenvalue weighted by Gasteiger charge is 2.32. The molecular weight excluding hydrogens is 372 g/mol. The number of likely N-dealkylation sites (tertiary alicyclic amines) is 1. The van der Waals surface area contributed by atoms with Gasteiger partial charge >= 0.3 is 5.97 Å². The molecule has 0 aliphatic carbocycles. The van der Waals surface area contributed by atoms with E-state index in [1.807, 2.05) is 0 Å². The van der Waals surface area contributed by atoms with E-state index in [0.717, 1.165) is 12.8 Å². The molecule has 1 amide bonds. The second kappa shape index (κ2) is 7.85. The number of piperidine rings is 1. The summed E-state index contributed by atoms with van der Waals surface area (Å²) < 4.78 is 32.5. The monoisotopic (exact) mass is 396 g/mol. The highest BCUT2D eigenvalue weighted by Crippen LogP contribution is 2.30. The van der Waals surface area contributed by atoms with Gasteiger partial charge in [-0.2, -0.15) is 4.31 Å². The Bertz CT molecular complexity index is 832. The first-order chi connectivity index (χ1) is 12.8. The van der Waals surface area contributed by atoms with Crippen molar-refractivity contribution in [3.63, 3.8) is 0 Å². The Labute approximate surface area is 158 Å². The average molecular weight is 396 g/mol. The number of hydrogen-bond acceptors (Lipinski definition) is 5. The van der Waals surface area contributed by atoms with Gasteiger partial charge in [-0.15, -0.1) is 0 Å².